The van der Waals surface area contributed by atoms with Gasteiger partial charge in [0.2, 0.25) is 0 Å². The van der Waals surface area contributed by atoms with Gasteiger partial charge in [-0.2, -0.15) is 5.10 Å². The smallest absolute Gasteiger partial charge is 0.191 e. The molecule has 3 aromatic rings. The predicted molar refractivity (Wildman–Crippen MR) is 115 cm³/mol. The number of hydrogen-bond acceptors (Lipinski definition) is 2. The first-order chi connectivity index (χ1) is 13.8. The average molecular weight is 376 g/mol. The van der Waals surface area contributed by atoms with Gasteiger partial charge in [-0.15, -0.1) is 0 Å². The topological polar surface area (TPSA) is 54.2 Å². The SMILES string of the molecule is CCNC(=NCc1ccnn1C)NCCC(c1ccccc1)c1ccccc1. The second-order valence-electron chi connectivity index (χ2n) is 6.73. The van der Waals surface area contributed by atoms with Gasteiger partial charge in [0.05, 0.1) is 12.2 Å². The van der Waals surface area contributed by atoms with Gasteiger partial charge in [-0.1, -0.05) is 60.7 Å². The van der Waals surface area contributed by atoms with Crippen molar-refractivity contribution in [3.05, 3.63) is 89.7 Å². The minimum atomic E-state index is 0.356. The van der Waals surface area contributed by atoms with Gasteiger partial charge in [0.25, 0.3) is 0 Å². The molecule has 0 unspecified atom stereocenters. The molecule has 0 amide bonds. The van der Waals surface area contributed by atoms with Crippen molar-refractivity contribution in [2.75, 3.05) is 13.1 Å². The highest BCUT2D eigenvalue weighted by Gasteiger charge is 2.13. The van der Waals surface area contributed by atoms with Crippen LogP contribution in [0.25, 0.3) is 0 Å². The van der Waals surface area contributed by atoms with Crippen molar-refractivity contribution in [1.82, 2.24) is 20.4 Å². The van der Waals surface area contributed by atoms with Crippen LogP contribution in [0, 0.1) is 0 Å². The van der Waals surface area contributed by atoms with E-state index in [1.807, 2.05) is 17.8 Å². The molecule has 146 valence electrons. The van der Waals surface area contributed by atoms with E-state index in [1.54, 1.807) is 6.20 Å². The third kappa shape index (κ3) is 5.46. The zero-order chi connectivity index (χ0) is 19.6. The average Bonchev–Trinajstić information content (AvgIpc) is 3.15. The summed E-state index contributed by atoms with van der Waals surface area (Å²) in [5, 5.41) is 11.0. The first kappa shape index (κ1) is 19.7. The summed E-state index contributed by atoms with van der Waals surface area (Å²) in [5.74, 6) is 1.19. The molecule has 2 N–H and O–H groups in total. The highest BCUT2D eigenvalue weighted by atomic mass is 15.3. The Morgan fingerprint density at radius 1 is 0.964 bits per heavy atom. The standard InChI is InChI=1S/C23H29N5/c1-3-24-23(26-18-21-14-17-27-28(21)2)25-16-15-22(19-10-6-4-7-11-19)20-12-8-5-9-13-20/h4-14,17,22H,3,15-16,18H2,1-2H3,(H2,24,25,26). The van der Waals surface area contributed by atoms with Gasteiger partial charge in [0.15, 0.2) is 5.96 Å². The molecule has 5 heteroatoms. The lowest BCUT2D eigenvalue weighted by molar-refractivity contribution is 0.674. The van der Waals surface area contributed by atoms with Gasteiger partial charge in [-0.25, -0.2) is 4.99 Å². The zero-order valence-corrected chi connectivity index (χ0v) is 16.7. The third-order valence-electron chi connectivity index (χ3n) is 4.80. The van der Waals surface area contributed by atoms with Crippen molar-refractivity contribution in [2.45, 2.75) is 25.8 Å². The Bertz CT molecular complexity index is 815. The summed E-state index contributed by atoms with van der Waals surface area (Å²) in [7, 11) is 1.94. The molecule has 0 spiro atoms. The number of rotatable bonds is 8. The van der Waals surface area contributed by atoms with Crippen molar-refractivity contribution < 1.29 is 0 Å². The minimum Gasteiger partial charge on any atom is -0.357 e. The fraction of sp³-hybridized carbons (Fsp3) is 0.304. The number of benzene rings is 2. The van der Waals surface area contributed by atoms with Crippen LogP contribution in [0.3, 0.4) is 0 Å². The highest BCUT2D eigenvalue weighted by molar-refractivity contribution is 5.79. The summed E-state index contributed by atoms with van der Waals surface area (Å²) in [6, 6.07) is 23.4. The summed E-state index contributed by atoms with van der Waals surface area (Å²) in [4.78, 5) is 4.69. The van der Waals surface area contributed by atoms with Crippen LogP contribution in [-0.2, 0) is 13.6 Å². The first-order valence-corrected chi connectivity index (χ1v) is 9.87. The summed E-state index contributed by atoms with van der Waals surface area (Å²) in [5.41, 5.74) is 3.77. The molecule has 1 aromatic heterocycles. The number of aryl methyl sites for hydroxylation is 1. The Kier molecular flexibility index (Phi) is 7.24. The van der Waals surface area contributed by atoms with Crippen LogP contribution in [0.4, 0.5) is 0 Å². The molecule has 5 nitrogen and oxygen atoms in total. The summed E-state index contributed by atoms with van der Waals surface area (Å²) >= 11 is 0. The van der Waals surface area contributed by atoms with Crippen LogP contribution in [0.15, 0.2) is 77.9 Å². The molecular weight excluding hydrogens is 346 g/mol. The van der Waals surface area contributed by atoms with E-state index in [9.17, 15) is 0 Å². The van der Waals surface area contributed by atoms with E-state index in [2.05, 4.69) is 83.3 Å². The molecule has 0 saturated heterocycles. The van der Waals surface area contributed by atoms with Gasteiger partial charge >= 0.3 is 0 Å². The molecule has 0 radical (unpaired) electrons. The largest absolute Gasteiger partial charge is 0.357 e. The first-order valence-electron chi connectivity index (χ1n) is 9.87. The van der Waals surface area contributed by atoms with E-state index >= 15 is 0 Å². The van der Waals surface area contributed by atoms with Crippen LogP contribution >= 0.6 is 0 Å². The van der Waals surface area contributed by atoms with E-state index in [4.69, 9.17) is 4.99 Å². The molecule has 0 atom stereocenters. The second-order valence-corrected chi connectivity index (χ2v) is 6.73. The monoisotopic (exact) mass is 375 g/mol. The van der Waals surface area contributed by atoms with Crippen LogP contribution in [0.1, 0.15) is 36.1 Å². The summed E-state index contributed by atoms with van der Waals surface area (Å²) in [6.07, 6.45) is 2.79. The summed E-state index contributed by atoms with van der Waals surface area (Å²) < 4.78 is 1.86. The molecule has 1 heterocycles. The molecule has 0 aliphatic carbocycles. The molecule has 0 bridgehead atoms. The van der Waals surface area contributed by atoms with E-state index in [-0.39, 0.29) is 0 Å². The molecule has 0 saturated carbocycles. The van der Waals surface area contributed by atoms with Crippen LogP contribution in [-0.4, -0.2) is 28.8 Å². The van der Waals surface area contributed by atoms with Gasteiger partial charge in [-0.3, -0.25) is 4.68 Å². The molecule has 28 heavy (non-hydrogen) atoms. The van der Waals surface area contributed by atoms with Crippen LogP contribution in [0.5, 0.6) is 0 Å². The maximum atomic E-state index is 4.69. The minimum absolute atomic E-state index is 0.356. The van der Waals surface area contributed by atoms with E-state index < -0.39 is 0 Å². The molecule has 0 aliphatic heterocycles. The second kappa shape index (κ2) is 10.3. The zero-order valence-electron chi connectivity index (χ0n) is 16.7. The maximum absolute atomic E-state index is 4.69. The van der Waals surface area contributed by atoms with Crippen molar-refractivity contribution in [3.63, 3.8) is 0 Å². The Morgan fingerprint density at radius 3 is 2.14 bits per heavy atom. The Labute approximate surface area is 167 Å². The highest BCUT2D eigenvalue weighted by Crippen LogP contribution is 2.27. The van der Waals surface area contributed by atoms with E-state index in [1.165, 1.54) is 11.1 Å². The van der Waals surface area contributed by atoms with Gasteiger partial charge < -0.3 is 10.6 Å². The summed E-state index contributed by atoms with van der Waals surface area (Å²) in [6.45, 7) is 4.36. The number of hydrogen-bond donors (Lipinski definition) is 2. The van der Waals surface area contributed by atoms with Crippen LogP contribution in [0.2, 0.25) is 0 Å². The number of aromatic nitrogens is 2. The quantitative estimate of drug-likeness (QED) is 0.466. The number of aliphatic imine (C=N–C) groups is 1. The third-order valence-corrected chi connectivity index (χ3v) is 4.80. The number of nitrogens with zero attached hydrogens (tertiary/aromatic N) is 3. The van der Waals surface area contributed by atoms with Gasteiger partial charge in [-0.05, 0) is 30.5 Å². The maximum Gasteiger partial charge on any atom is 0.191 e. The predicted octanol–water partition coefficient (Wildman–Crippen LogP) is 3.70. The fourth-order valence-corrected chi connectivity index (χ4v) is 3.29. The Balaban J connectivity index is 1.65. The van der Waals surface area contributed by atoms with Crippen molar-refractivity contribution >= 4 is 5.96 Å². The van der Waals surface area contributed by atoms with E-state index in [0.717, 1.165) is 31.2 Å². The van der Waals surface area contributed by atoms with Crippen molar-refractivity contribution in [1.29, 1.82) is 0 Å². The molecule has 0 aliphatic rings. The van der Waals surface area contributed by atoms with Gasteiger partial charge in [0.1, 0.15) is 0 Å². The molecule has 3 rings (SSSR count). The Morgan fingerprint density at radius 2 is 1.61 bits per heavy atom. The fourth-order valence-electron chi connectivity index (χ4n) is 3.29. The molecule has 0 fully saturated rings. The lowest BCUT2D eigenvalue weighted by Gasteiger charge is -2.19. The lowest BCUT2D eigenvalue weighted by Crippen LogP contribution is -2.38. The number of nitrogens with one attached hydrogen (secondary N) is 2. The Hall–Kier alpha value is -3.08. The molecule has 2 aromatic carbocycles. The van der Waals surface area contributed by atoms with Gasteiger partial charge in [0, 0.05) is 32.3 Å². The normalized spacial score (nSPS) is 11.6. The van der Waals surface area contributed by atoms with Crippen molar-refractivity contribution in [3.8, 4) is 0 Å². The number of guanidine groups is 1. The lowest BCUT2D eigenvalue weighted by atomic mass is 9.88. The van der Waals surface area contributed by atoms with Crippen molar-refractivity contribution in [2.24, 2.45) is 12.0 Å². The van der Waals surface area contributed by atoms with E-state index in [0.29, 0.717) is 12.5 Å². The van der Waals surface area contributed by atoms with Crippen LogP contribution < -0.4 is 10.6 Å². The molecular formula is C23H29N5.